The fraction of sp³-hybridized carbons (Fsp3) is 0.150. The first-order valence-corrected chi connectivity index (χ1v) is 8.19. The largest absolute Gasteiger partial charge is 0.339 e. The molecule has 5 nitrogen and oxygen atoms in total. The van der Waals surface area contributed by atoms with E-state index < -0.39 is 0 Å². The number of nitrogens with one attached hydrogen (secondary N) is 2. The lowest BCUT2D eigenvalue weighted by atomic mass is 10.0. The van der Waals surface area contributed by atoms with Crippen molar-refractivity contribution in [3.63, 3.8) is 0 Å². The molecular weight excluding hydrogens is 312 g/mol. The van der Waals surface area contributed by atoms with Crippen LogP contribution in [0.25, 0.3) is 0 Å². The Hall–Kier alpha value is -3.21. The van der Waals surface area contributed by atoms with Crippen molar-refractivity contribution in [3.05, 3.63) is 78.0 Å². The molecule has 0 spiro atoms. The standard InChI is InChI=1S/C20H20N4O/c1-14(2)15-8-10-17(11-9-15)22-20(25)18-12-13-19(24-23-18)21-16-6-4-3-5-7-16/h3-14H,1-2H3,(H,21,24)(H,22,25). The third kappa shape index (κ3) is 4.41. The summed E-state index contributed by atoms with van der Waals surface area (Å²) in [6.45, 7) is 4.27. The van der Waals surface area contributed by atoms with Crippen molar-refractivity contribution in [2.45, 2.75) is 19.8 Å². The maximum Gasteiger partial charge on any atom is 0.276 e. The van der Waals surface area contributed by atoms with Crippen molar-refractivity contribution in [2.75, 3.05) is 10.6 Å². The topological polar surface area (TPSA) is 66.9 Å². The highest BCUT2D eigenvalue weighted by Crippen LogP contribution is 2.18. The molecule has 2 N–H and O–H groups in total. The average molecular weight is 332 g/mol. The maximum absolute atomic E-state index is 12.3. The first-order chi connectivity index (χ1) is 12.1. The molecule has 0 atom stereocenters. The molecule has 0 unspecified atom stereocenters. The molecule has 2 aromatic carbocycles. The summed E-state index contributed by atoms with van der Waals surface area (Å²) in [6.07, 6.45) is 0. The van der Waals surface area contributed by atoms with Crippen molar-refractivity contribution >= 4 is 23.1 Å². The van der Waals surface area contributed by atoms with E-state index >= 15 is 0 Å². The van der Waals surface area contributed by atoms with Crippen molar-refractivity contribution in [3.8, 4) is 0 Å². The molecule has 0 saturated heterocycles. The number of hydrogen-bond acceptors (Lipinski definition) is 4. The van der Waals surface area contributed by atoms with Gasteiger partial charge in [-0.05, 0) is 47.9 Å². The van der Waals surface area contributed by atoms with E-state index in [0.29, 0.717) is 11.7 Å². The number of nitrogens with zero attached hydrogens (tertiary/aromatic N) is 2. The molecule has 0 aliphatic carbocycles. The lowest BCUT2D eigenvalue weighted by molar-refractivity contribution is 0.102. The van der Waals surface area contributed by atoms with E-state index in [1.807, 2.05) is 54.6 Å². The lowest BCUT2D eigenvalue weighted by Crippen LogP contribution is -2.14. The van der Waals surface area contributed by atoms with Crippen LogP contribution in [-0.2, 0) is 0 Å². The van der Waals surface area contributed by atoms with Gasteiger partial charge in [0.1, 0.15) is 0 Å². The number of aromatic nitrogens is 2. The summed E-state index contributed by atoms with van der Waals surface area (Å²) in [5.41, 5.74) is 3.16. The lowest BCUT2D eigenvalue weighted by Gasteiger charge is -2.08. The first kappa shape index (κ1) is 16.6. The molecule has 0 saturated carbocycles. The summed E-state index contributed by atoms with van der Waals surface area (Å²) in [5.74, 6) is 0.764. The van der Waals surface area contributed by atoms with Crippen LogP contribution in [0.5, 0.6) is 0 Å². The van der Waals surface area contributed by atoms with Crippen LogP contribution in [0.15, 0.2) is 66.7 Å². The maximum atomic E-state index is 12.3. The highest BCUT2D eigenvalue weighted by atomic mass is 16.1. The van der Waals surface area contributed by atoms with E-state index in [1.54, 1.807) is 12.1 Å². The summed E-state index contributed by atoms with van der Waals surface area (Å²) in [5, 5.41) is 14.0. The number of carbonyl (C=O) groups excluding carboxylic acids is 1. The number of amides is 1. The van der Waals surface area contributed by atoms with E-state index in [1.165, 1.54) is 5.56 Å². The number of benzene rings is 2. The molecule has 5 heteroatoms. The molecule has 1 heterocycles. The molecule has 3 rings (SSSR count). The fourth-order valence-electron chi connectivity index (χ4n) is 2.34. The molecular formula is C20H20N4O. The predicted molar refractivity (Wildman–Crippen MR) is 100 cm³/mol. The van der Waals surface area contributed by atoms with Gasteiger partial charge in [-0.15, -0.1) is 10.2 Å². The zero-order valence-electron chi connectivity index (χ0n) is 14.2. The van der Waals surface area contributed by atoms with Crippen LogP contribution in [0.2, 0.25) is 0 Å². The molecule has 0 fully saturated rings. The molecule has 1 amide bonds. The molecule has 0 radical (unpaired) electrons. The van der Waals surface area contributed by atoms with E-state index in [-0.39, 0.29) is 11.6 Å². The number of hydrogen-bond donors (Lipinski definition) is 2. The van der Waals surface area contributed by atoms with Crippen LogP contribution in [0, 0.1) is 0 Å². The second-order valence-corrected chi connectivity index (χ2v) is 6.03. The van der Waals surface area contributed by atoms with Crippen LogP contribution < -0.4 is 10.6 Å². The van der Waals surface area contributed by atoms with Gasteiger partial charge in [-0.2, -0.15) is 0 Å². The Labute approximate surface area is 147 Å². The van der Waals surface area contributed by atoms with Gasteiger partial charge in [-0.25, -0.2) is 0 Å². The van der Waals surface area contributed by atoms with E-state index in [4.69, 9.17) is 0 Å². The van der Waals surface area contributed by atoms with Crippen LogP contribution >= 0.6 is 0 Å². The Bertz CT molecular complexity index is 828. The minimum Gasteiger partial charge on any atom is -0.339 e. The Kier molecular flexibility index (Phi) is 5.04. The van der Waals surface area contributed by atoms with Crippen LogP contribution in [0.3, 0.4) is 0 Å². The number of carbonyl (C=O) groups is 1. The van der Waals surface area contributed by atoms with Gasteiger partial charge in [-0.3, -0.25) is 4.79 Å². The number of rotatable bonds is 5. The zero-order chi connectivity index (χ0) is 17.6. The van der Waals surface area contributed by atoms with Crippen LogP contribution in [-0.4, -0.2) is 16.1 Å². The van der Waals surface area contributed by atoms with Gasteiger partial charge in [0.2, 0.25) is 0 Å². The van der Waals surface area contributed by atoms with Gasteiger partial charge in [0.15, 0.2) is 11.5 Å². The SMILES string of the molecule is CC(C)c1ccc(NC(=O)c2ccc(Nc3ccccc3)nn2)cc1. The van der Waals surface area contributed by atoms with Crippen LogP contribution in [0.4, 0.5) is 17.2 Å². The second-order valence-electron chi connectivity index (χ2n) is 6.03. The van der Waals surface area contributed by atoms with Gasteiger partial charge >= 0.3 is 0 Å². The monoisotopic (exact) mass is 332 g/mol. The molecule has 126 valence electrons. The van der Waals surface area contributed by atoms with Crippen molar-refractivity contribution in [1.82, 2.24) is 10.2 Å². The third-order valence-electron chi connectivity index (χ3n) is 3.78. The summed E-state index contributed by atoms with van der Waals surface area (Å²) in [6, 6.07) is 20.9. The second kappa shape index (κ2) is 7.57. The highest BCUT2D eigenvalue weighted by molar-refractivity contribution is 6.02. The fourth-order valence-corrected chi connectivity index (χ4v) is 2.34. The Morgan fingerprint density at radius 3 is 2.16 bits per heavy atom. The van der Waals surface area contributed by atoms with Gasteiger partial charge in [0.25, 0.3) is 5.91 Å². The molecule has 0 aliphatic rings. The average Bonchev–Trinajstić information content (AvgIpc) is 2.63. The van der Waals surface area contributed by atoms with Crippen LogP contribution in [0.1, 0.15) is 35.8 Å². The molecule has 3 aromatic rings. The molecule has 1 aromatic heterocycles. The summed E-state index contributed by atoms with van der Waals surface area (Å²) in [4.78, 5) is 12.3. The summed E-state index contributed by atoms with van der Waals surface area (Å²) in [7, 11) is 0. The Morgan fingerprint density at radius 1 is 0.840 bits per heavy atom. The Morgan fingerprint density at radius 2 is 1.56 bits per heavy atom. The number of anilines is 3. The minimum atomic E-state index is -0.281. The summed E-state index contributed by atoms with van der Waals surface area (Å²) >= 11 is 0. The van der Waals surface area contributed by atoms with E-state index in [9.17, 15) is 4.79 Å². The van der Waals surface area contributed by atoms with Crippen molar-refractivity contribution < 1.29 is 4.79 Å². The van der Waals surface area contributed by atoms with Gasteiger partial charge < -0.3 is 10.6 Å². The third-order valence-corrected chi connectivity index (χ3v) is 3.78. The Balaban J connectivity index is 1.64. The summed E-state index contributed by atoms with van der Waals surface area (Å²) < 4.78 is 0. The smallest absolute Gasteiger partial charge is 0.276 e. The van der Waals surface area contributed by atoms with Gasteiger partial charge in [0.05, 0.1) is 0 Å². The molecule has 0 aliphatic heterocycles. The van der Waals surface area contributed by atoms with E-state index in [0.717, 1.165) is 11.4 Å². The highest BCUT2D eigenvalue weighted by Gasteiger charge is 2.09. The normalized spacial score (nSPS) is 10.5. The van der Waals surface area contributed by atoms with Gasteiger partial charge in [0, 0.05) is 11.4 Å². The molecule has 25 heavy (non-hydrogen) atoms. The molecule has 0 bridgehead atoms. The number of para-hydroxylation sites is 1. The van der Waals surface area contributed by atoms with Crippen molar-refractivity contribution in [2.24, 2.45) is 0 Å². The predicted octanol–water partition coefficient (Wildman–Crippen LogP) is 4.60. The van der Waals surface area contributed by atoms with Crippen molar-refractivity contribution in [1.29, 1.82) is 0 Å². The minimum absolute atomic E-state index is 0.270. The first-order valence-electron chi connectivity index (χ1n) is 8.19. The van der Waals surface area contributed by atoms with E-state index in [2.05, 4.69) is 34.7 Å². The zero-order valence-corrected chi connectivity index (χ0v) is 14.2. The quantitative estimate of drug-likeness (QED) is 0.717. The van der Waals surface area contributed by atoms with Gasteiger partial charge in [-0.1, -0.05) is 44.2 Å².